The van der Waals surface area contributed by atoms with E-state index in [-0.39, 0.29) is 27.5 Å². The topological polar surface area (TPSA) is 106 Å². The Kier molecular flexibility index (Phi) is 8.61. The molecule has 1 fully saturated rings. The number of amides is 1. The second-order valence-electron chi connectivity index (χ2n) is 12.2. The average molecular weight is 619 g/mol. The van der Waals surface area contributed by atoms with E-state index in [0.717, 1.165) is 18.9 Å². The number of nitrogens with zero attached hydrogens (tertiary/aromatic N) is 5. The molecule has 0 unspecified atom stereocenters. The van der Waals surface area contributed by atoms with Crippen LogP contribution in [0.4, 0.5) is 18.9 Å². The quantitative estimate of drug-likeness (QED) is 0.285. The number of halogens is 4. The van der Waals surface area contributed by atoms with Crippen LogP contribution in [-0.4, -0.2) is 40.1 Å². The third kappa shape index (κ3) is 6.38. The minimum atomic E-state index is -4.59. The summed E-state index contributed by atoms with van der Waals surface area (Å²) in [4.78, 5) is 21.4. The molecule has 0 radical (unpaired) electrons. The van der Waals surface area contributed by atoms with Crippen LogP contribution in [0.2, 0.25) is 23.2 Å². The van der Waals surface area contributed by atoms with Crippen molar-refractivity contribution >= 4 is 31.5 Å². The molecule has 1 aliphatic rings. The van der Waals surface area contributed by atoms with Gasteiger partial charge in [0.2, 0.25) is 0 Å². The fourth-order valence-electron chi connectivity index (χ4n) is 4.76. The smallest absolute Gasteiger partial charge is 0.414 e. The first-order chi connectivity index (χ1) is 19.5. The van der Waals surface area contributed by atoms with Gasteiger partial charge in [-0.05, 0) is 68.9 Å². The van der Waals surface area contributed by atoms with E-state index in [1.165, 1.54) is 17.1 Å². The van der Waals surface area contributed by atoms with Crippen molar-refractivity contribution in [2.75, 3.05) is 5.32 Å². The lowest BCUT2D eigenvalue weighted by Gasteiger charge is -2.42. The number of aromatic nitrogens is 4. The Morgan fingerprint density at radius 2 is 1.83 bits per heavy atom. The molecule has 0 spiro atoms. The highest BCUT2D eigenvalue weighted by molar-refractivity contribution is 6.74. The Bertz CT molecular complexity index is 1500. The molecule has 13 heteroatoms. The molecule has 8 nitrogen and oxygen atoms in total. The second-order valence-corrected chi connectivity index (χ2v) is 17.4. The first-order valence-electron chi connectivity index (χ1n) is 13.6. The van der Waals surface area contributed by atoms with Gasteiger partial charge >= 0.3 is 6.18 Å². The van der Waals surface area contributed by atoms with Crippen LogP contribution < -0.4 is 5.32 Å². The van der Waals surface area contributed by atoms with Crippen LogP contribution in [0.5, 0.6) is 0 Å². The number of carbonyl (C=O) groups is 1. The van der Waals surface area contributed by atoms with Crippen LogP contribution in [-0.2, 0) is 16.0 Å². The zero-order valence-corrected chi connectivity index (χ0v) is 26.2. The van der Waals surface area contributed by atoms with Gasteiger partial charge in [-0.2, -0.15) is 23.5 Å². The molecule has 224 valence electrons. The minimum Gasteiger partial charge on any atom is -0.414 e. The fourth-order valence-corrected chi connectivity index (χ4v) is 6.43. The van der Waals surface area contributed by atoms with Gasteiger partial charge in [0.1, 0.15) is 0 Å². The fraction of sp³-hybridized carbons (Fsp3) is 0.483. The van der Waals surface area contributed by atoms with E-state index >= 15 is 0 Å². The number of carbonyl (C=O) groups excluding carboxylic acids is 1. The molecule has 0 bridgehead atoms. The van der Waals surface area contributed by atoms with Crippen molar-refractivity contribution in [3.8, 4) is 11.9 Å². The second kappa shape index (κ2) is 11.4. The van der Waals surface area contributed by atoms with Crippen molar-refractivity contribution in [1.29, 1.82) is 5.26 Å². The number of anilines is 1. The Morgan fingerprint density at radius 3 is 2.36 bits per heavy atom. The molecule has 1 amide bonds. The highest BCUT2D eigenvalue weighted by Crippen LogP contribution is 2.43. The van der Waals surface area contributed by atoms with Crippen LogP contribution in [0.15, 0.2) is 36.8 Å². The summed E-state index contributed by atoms with van der Waals surface area (Å²) in [6.07, 6.45) is 1.84. The summed E-state index contributed by atoms with van der Waals surface area (Å²) < 4.78 is 46.7. The Labute approximate surface area is 249 Å². The summed E-state index contributed by atoms with van der Waals surface area (Å²) in [6.45, 7) is 12.7. The summed E-state index contributed by atoms with van der Waals surface area (Å²) in [5.74, 6) is -0.520. The van der Waals surface area contributed by atoms with Gasteiger partial charge in [-0.15, -0.1) is 0 Å². The predicted octanol–water partition coefficient (Wildman–Crippen LogP) is 7.62. The van der Waals surface area contributed by atoms with Gasteiger partial charge in [-0.1, -0.05) is 32.4 Å². The van der Waals surface area contributed by atoms with Crippen molar-refractivity contribution in [2.45, 2.75) is 89.2 Å². The number of pyridine rings is 2. The van der Waals surface area contributed by atoms with Crippen molar-refractivity contribution in [1.82, 2.24) is 19.7 Å². The first kappa shape index (κ1) is 31.7. The summed E-state index contributed by atoms with van der Waals surface area (Å²) in [6, 6.07) is 6.71. The number of hydrogen-bond acceptors (Lipinski definition) is 6. The Hall–Kier alpha value is -3.27. The summed E-state index contributed by atoms with van der Waals surface area (Å²) in [7, 11) is -1.91. The van der Waals surface area contributed by atoms with Gasteiger partial charge in [-0.25, -0.2) is 9.67 Å². The third-order valence-corrected chi connectivity index (χ3v) is 13.2. The van der Waals surface area contributed by atoms with Gasteiger partial charge in [0.05, 0.1) is 57.1 Å². The maximum Gasteiger partial charge on any atom is 0.417 e. The predicted molar refractivity (Wildman–Crippen MR) is 156 cm³/mol. The lowest BCUT2D eigenvalue weighted by atomic mass is 9.72. The van der Waals surface area contributed by atoms with Gasteiger partial charge in [0.15, 0.2) is 14.1 Å². The molecular weight excluding hydrogens is 585 g/mol. The zero-order valence-electron chi connectivity index (χ0n) is 24.4. The lowest BCUT2D eigenvalue weighted by molar-refractivity contribution is -0.137. The van der Waals surface area contributed by atoms with Gasteiger partial charge < -0.3 is 9.74 Å². The van der Waals surface area contributed by atoms with Crippen molar-refractivity contribution in [3.05, 3.63) is 64.3 Å². The van der Waals surface area contributed by atoms with Crippen molar-refractivity contribution in [2.24, 2.45) is 0 Å². The Morgan fingerprint density at radius 1 is 1.17 bits per heavy atom. The highest BCUT2D eigenvalue weighted by Gasteiger charge is 2.43. The van der Waals surface area contributed by atoms with Crippen LogP contribution in [0.1, 0.15) is 73.8 Å². The molecule has 0 aliphatic heterocycles. The molecule has 3 heterocycles. The summed E-state index contributed by atoms with van der Waals surface area (Å²) in [5.41, 5.74) is -0.107. The van der Waals surface area contributed by atoms with E-state index in [0.29, 0.717) is 36.1 Å². The summed E-state index contributed by atoms with van der Waals surface area (Å²) >= 11 is 6.06. The lowest BCUT2D eigenvalue weighted by Crippen LogP contribution is -2.46. The molecule has 3 aromatic rings. The molecule has 1 aliphatic carbocycles. The third-order valence-electron chi connectivity index (χ3n) is 8.38. The number of nitriles is 1. The molecule has 0 atom stereocenters. The zero-order chi connectivity index (χ0) is 31.1. The van der Waals surface area contributed by atoms with E-state index in [9.17, 15) is 23.2 Å². The van der Waals surface area contributed by atoms with Crippen LogP contribution in [0.25, 0.3) is 5.82 Å². The molecule has 0 saturated heterocycles. The standard InChI is InChI=1S/C29H34ClF3N6O2Si/c1-18-22(16-37-39(18)25-23(30)13-19(14-36-25)29(31,32)33)26(40)38-20-7-8-24(35-15-20)28(17-34)11-9-21(10-12-28)41-42(5,6)27(2,3)4/h7-8,13-16,21H,9-12H2,1-6H3,(H,38,40)/t21-,28-. The molecule has 4 rings (SSSR count). The maximum atomic E-state index is 13.0. The van der Waals surface area contributed by atoms with E-state index in [4.69, 9.17) is 16.0 Å². The number of hydrogen-bond donors (Lipinski definition) is 1. The van der Waals surface area contributed by atoms with Crippen LogP contribution >= 0.6 is 11.6 Å². The van der Waals surface area contributed by atoms with Crippen LogP contribution in [0, 0.1) is 18.3 Å². The molecule has 1 N–H and O–H groups in total. The number of rotatable bonds is 6. The number of nitrogens with one attached hydrogen (secondary N) is 1. The SMILES string of the molecule is Cc1c(C(=O)Nc2ccc([C@]3(C#N)CC[C@@H](O[Si](C)(C)C(C)(C)C)CC3)nc2)cnn1-c1ncc(C(F)(F)F)cc1Cl. The Balaban J connectivity index is 1.44. The molecule has 1 saturated carbocycles. The molecule has 3 aromatic heterocycles. The average Bonchev–Trinajstić information content (AvgIpc) is 3.29. The number of alkyl halides is 3. The molecular formula is C29H34ClF3N6O2Si. The van der Waals surface area contributed by atoms with Crippen molar-refractivity contribution in [3.63, 3.8) is 0 Å². The largest absolute Gasteiger partial charge is 0.417 e. The van der Waals surface area contributed by atoms with Gasteiger partial charge in [0, 0.05) is 12.3 Å². The van der Waals surface area contributed by atoms with Crippen LogP contribution in [0.3, 0.4) is 0 Å². The summed E-state index contributed by atoms with van der Waals surface area (Å²) in [5, 5.41) is 16.9. The van der Waals surface area contributed by atoms with E-state index < -0.39 is 31.4 Å². The van der Waals surface area contributed by atoms with E-state index in [1.54, 1.807) is 19.1 Å². The van der Waals surface area contributed by atoms with Gasteiger partial charge in [-0.3, -0.25) is 9.78 Å². The minimum absolute atomic E-state index is 0.0292. The molecule has 42 heavy (non-hydrogen) atoms. The highest BCUT2D eigenvalue weighted by atomic mass is 35.5. The van der Waals surface area contributed by atoms with Crippen molar-refractivity contribution < 1.29 is 22.4 Å². The van der Waals surface area contributed by atoms with E-state index in [1.807, 2.05) is 0 Å². The molecule has 0 aromatic carbocycles. The normalized spacial score (nSPS) is 19.8. The maximum absolute atomic E-state index is 13.0. The monoisotopic (exact) mass is 618 g/mol. The first-order valence-corrected chi connectivity index (χ1v) is 16.9. The van der Waals surface area contributed by atoms with Gasteiger partial charge in [0.25, 0.3) is 5.91 Å². The van der Waals surface area contributed by atoms with E-state index in [2.05, 4.69) is 60.3 Å².